The highest BCUT2D eigenvalue weighted by molar-refractivity contribution is 9.10. The topological polar surface area (TPSA) is 41.9 Å². The van der Waals surface area contributed by atoms with Crippen LogP contribution in [0.4, 0.5) is 5.69 Å². The number of hydrogen-bond acceptors (Lipinski definition) is 3. The number of ether oxygens (including phenoxy) is 1. The van der Waals surface area contributed by atoms with Crippen LogP contribution in [0.25, 0.3) is 6.08 Å². The van der Waals surface area contributed by atoms with Crippen molar-refractivity contribution < 1.29 is 9.53 Å². The molecule has 6 heteroatoms. The molecule has 0 atom stereocenters. The van der Waals surface area contributed by atoms with E-state index in [9.17, 15) is 4.79 Å². The van der Waals surface area contributed by atoms with Gasteiger partial charge in [0.1, 0.15) is 18.1 Å². The van der Waals surface area contributed by atoms with Gasteiger partial charge in [0.05, 0.1) is 15.7 Å². The Morgan fingerprint density at radius 3 is 2.29 bits per heavy atom. The minimum absolute atomic E-state index is 0.176. The molecule has 35 heavy (non-hydrogen) atoms. The van der Waals surface area contributed by atoms with Crippen molar-refractivity contribution in [3.8, 4) is 5.75 Å². The van der Waals surface area contributed by atoms with Crippen LogP contribution in [0.3, 0.4) is 0 Å². The molecule has 0 unspecified atom stereocenters. The number of anilines is 1. The first kappa shape index (κ1) is 23.1. The fourth-order valence-corrected chi connectivity index (χ4v) is 4.46. The van der Waals surface area contributed by atoms with Gasteiger partial charge in [-0.25, -0.2) is 0 Å². The number of nitrogens with zero attached hydrogens (tertiary/aromatic N) is 2. The Balaban J connectivity index is 1.45. The van der Waals surface area contributed by atoms with E-state index >= 15 is 0 Å². The van der Waals surface area contributed by atoms with Crippen molar-refractivity contribution in [1.82, 2.24) is 0 Å². The van der Waals surface area contributed by atoms with Crippen LogP contribution in [0.1, 0.15) is 16.7 Å². The summed E-state index contributed by atoms with van der Waals surface area (Å²) in [5.74, 6) is 0.512. The molecule has 0 aromatic heterocycles. The van der Waals surface area contributed by atoms with E-state index in [2.05, 4.69) is 21.0 Å². The molecule has 0 fully saturated rings. The summed E-state index contributed by atoms with van der Waals surface area (Å²) in [4.78, 5) is 13.4. The van der Waals surface area contributed by atoms with Gasteiger partial charge in [0, 0.05) is 16.1 Å². The molecule has 1 amide bonds. The molecule has 0 saturated heterocycles. The molecule has 1 heterocycles. The second-order valence-corrected chi connectivity index (χ2v) is 9.16. The average molecular weight is 544 g/mol. The summed E-state index contributed by atoms with van der Waals surface area (Å²) in [6, 6.07) is 32.5. The maximum Gasteiger partial charge on any atom is 0.281 e. The lowest BCUT2D eigenvalue weighted by Crippen LogP contribution is -2.21. The Hall–Kier alpha value is -3.67. The predicted octanol–water partition coefficient (Wildman–Crippen LogP) is 7.52. The minimum atomic E-state index is -0.176. The zero-order valence-electron chi connectivity index (χ0n) is 18.6. The highest BCUT2D eigenvalue weighted by atomic mass is 79.9. The molecule has 1 aliphatic heterocycles. The molecule has 4 aromatic carbocycles. The van der Waals surface area contributed by atoms with Crippen LogP contribution in [0.15, 0.2) is 118 Å². The van der Waals surface area contributed by atoms with Crippen molar-refractivity contribution in [3.63, 3.8) is 0 Å². The number of benzene rings is 4. The monoisotopic (exact) mass is 542 g/mol. The van der Waals surface area contributed by atoms with E-state index in [1.54, 1.807) is 0 Å². The molecule has 172 valence electrons. The van der Waals surface area contributed by atoms with Gasteiger partial charge in [-0.1, -0.05) is 84.4 Å². The Morgan fingerprint density at radius 2 is 1.57 bits per heavy atom. The summed E-state index contributed by atoms with van der Waals surface area (Å²) in [6.45, 7) is 0.355. The van der Waals surface area contributed by atoms with Gasteiger partial charge >= 0.3 is 0 Å². The van der Waals surface area contributed by atoms with Gasteiger partial charge < -0.3 is 4.74 Å². The molecule has 0 spiro atoms. The Labute approximate surface area is 217 Å². The quantitative estimate of drug-likeness (QED) is 0.236. The molecule has 0 N–H and O–H groups in total. The van der Waals surface area contributed by atoms with Crippen LogP contribution in [0.2, 0.25) is 5.02 Å². The van der Waals surface area contributed by atoms with E-state index in [0.717, 1.165) is 26.9 Å². The van der Waals surface area contributed by atoms with Crippen LogP contribution in [0, 0.1) is 0 Å². The number of carbonyl (C=O) groups is 1. The molecular weight excluding hydrogens is 524 g/mol. The fraction of sp³-hybridized carbons (Fsp3) is 0.0345. The first-order valence-corrected chi connectivity index (χ1v) is 12.2. The maximum absolute atomic E-state index is 13.4. The third-order valence-electron chi connectivity index (χ3n) is 5.53. The van der Waals surface area contributed by atoms with E-state index < -0.39 is 0 Å². The van der Waals surface area contributed by atoms with Crippen molar-refractivity contribution in [2.75, 3.05) is 5.01 Å². The maximum atomic E-state index is 13.4. The number of rotatable bonds is 6. The minimum Gasteiger partial charge on any atom is -0.488 e. The highest BCUT2D eigenvalue weighted by Gasteiger charge is 2.31. The molecule has 4 nitrogen and oxygen atoms in total. The molecule has 0 saturated carbocycles. The number of hydrazone groups is 1. The number of carbonyl (C=O) groups excluding carboxylic acids is 1. The van der Waals surface area contributed by atoms with Crippen LogP contribution in [-0.4, -0.2) is 11.6 Å². The number of halogens is 2. The van der Waals surface area contributed by atoms with Crippen LogP contribution in [-0.2, 0) is 11.4 Å². The van der Waals surface area contributed by atoms with Gasteiger partial charge in [-0.2, -0.15) is 10.1 Å². The van der Waals surface area contributed by atoms with Crippen LogP contribution >= 0.6 is 27.5 Å². The van der Waals surface area contributed by atoms with Gasteiger partial charge in [-0.15, -0.1) is 0 Å². The molecule has 4 aromatic rings. The van der Waals surface area contributed by atoms with Crippen molar-refractivity contribution in [3.05, 3.63) is 135 Å². The largest absolute Gasteiger partial charge is 0.488 e. The lowest BCUT2D eigenvalue weighted by Gasteiger charge is -2.11. The van der Waals surface area contributed by atoms with E-state index in [-0.39, 0.29) is 5.91 Å². The fourth-order valence-electron chi connectivity index (χ4n) is 3.76. The van der Waals surface area contributed by atoms with E-state index in [0.29, 0.717) is 28.7 Å². The van der Waals surface area contributed by atoms with Gasteiger partial charge in [0.15, 0.2) is 0 Å². The second kappa shape index (κ2) is 10.3. The molecule has 0 aliphatic carbocycles. The molecule has 0 radical (unpaired) electrons. The number of amides is 1. The lowest BCUT2D eigenvalue weighted by molar-refractivity contribution is -0.114. The third kappa shape index (κ3) is 5.06. The molecular formula is C29H20BrClN2O2. The Kier molecular flexibility index (Phi) is 6.80. The average Bonchev–Trinajstić information content (AvgIpc) is 3.21. The summed E-state index contributed by atoms with van der Waals surface area (Å²) in [5.41, 5.74) is 4.52. The van der Waals surface area contributed by atoms with E-state index in [1.807, 2.05) is 109 Å². The lowest BCUT2D eigenvalue weighted by atomic mass is 10.0. The smallest absolute Gasteiger partial charge is 0.281 e. The van der Waals surface area contributed by atoms with Gasteiger partial charge in [0.2, 0.25) is 0 Å². The van der Waals surface area contributed by atoms with Gasteiger partial charge in [-0.05, 0) is 57.9 Å². The van der Waals surface area contributed by atoms with E-state index in [1.165, 1.54) is 5.01 Å². The predicted molar refractivity (Wildman–Crippen MR) is 145 cm³/mol. The standard InChI is InChI=1S/C29H20BrClN2O2/c30-25-18-20(15-16-27(25)35-19-22-11-7-8-14-26(22)31)17-24-28(21-9-3-1-4-10-21)32-33(29(24)34)23-12-5-2-6-13-23/h1-18H,19H2/b24-17-. The number of para-hydroxylation sites is 1. The van der Waals surface area contributed by atoms with E-state index in [4.69, 9.17) is 16.3 Å². The first-order chi connectivity index (χ1) is 17.1. The second-order valence-electron chi connectivity index (χ2n) is 7.90. The van der Waals surface area contributed by atoms with Gasteiger partial charge in [-0.3, -0.25) is 4.79 Å². The third-order valence-corrected chi connectivity index (χ3v) is 6.52. The van der Waals surface area contributed by atoms with Gasteiger partial charge in [0.25, 0.3) is 5.91 Å². The SMILES string of the molecule is O=C1/C(=C\c2ccc(OCc3ccccc3Cl)c(Br)c2)C(c2ccccc2)=NN1c1ccccc1. The molecule has 1 aliphatic rings. The van der Waals surface area contributed by atoms with Crippen molar-refractivity contribution >= 4 is 50.9 Å². The van der Waals surface area contributed by atoms with Crippen LogP contribution in [0.5, 0.6) is 5.75 Å². The summed E-state index contributed by atoms with van der Waals surface area (Å²) in [7, 11) is 0. The zero-order chi connectivity index (χ0) is 24.2. The van der Waals surface area contributed by atoms with Crippen molar-refractivity contribution in [2.45, 2.75) is 6.61 Å². The molecule has 5 rings (SSSR count). The highest BCUT2D eigenvalue weighted by Crippen LogP contribution is 2.31. The van der Waals surface area contributed by atoms with Crippen LogP contribution < -0.4 is 9.75 Å². The summed E-state index contributed by atoms with van der Waals surface area (Å²) < 4.78 is 6.74. The first-order valence-electron chi connectivity index (χ1n) is 11.0. The summed E-state index contributed by atoms with van der Waals surface area (Å²) in [5, 5.41) is 6.80. The summed E-state index contributed by atoms with van der Waals surface area (Å²) >= 11 is 9.84. The van der Waals surface area contributed by atoms with Crippen molar-refractivity contribution in [2.24, 2.45) is 5.10 Å². The summed E-state index contributed by atoms with van der Waals surface area (Å²) in [6.07, 6.45) is 1.86. The number of hydrogen-bond donors (Lipinski definition) is 0. The Bertz CT molecular complexity index is 1440. The van der Waals surface area contributed by atoms with Crippen molar-refractivity contribution in [1.29, 1.82) is 0 Å². The zero-order valence-corrected chi connectivity index (χ0v) is 20.9. The normalized spacial score (nSPS) is 14.3. The Morgan fingerprint density at radius 1 is 0.886 bits per heavy atom. The molecule has 0 bridgehead atoms.